The lowest BCUT2D eigenvalue weighted by atomic mass is 10.1. The zero-order chi connectivity index (χ0) is 22.1. The Morgan fingerprint density at radius 2 is 1.84 bits per heavy atom. The Morgan fingerprint density at radius 3 is 2.52 bits per heavy atom. The van der Waals surface area contributed by atoms with E-state index in [1.165, 1.54) is 0 Å². The first-order valence-corrected chi connectivity index (χ1v) is 10.6. The molecule has 7 heteroatoms. The van der Waals surface area contributed by atoms with Crippen molar-refractivity contribution in [1.29, 1.82) is 0 Å². The van der Waals surface area contributed by atoms with E-state index < -0.39 is 6.10 Å². The average molecular weight is 422 g/mol. The molecule has 31 heavy (non-hydrogen) atoms. The van der Waals surface area contributed by atoms with Gasteiger partial charge < -0.3 is 20.5 Å². The minimum absolute atomic E-state index is 0.121. The summed E-state index contributed by atoms with van der Waals surface area (Å²) in [6.07, 6.45) is 3.25. The highest BCUT2D eigenvalue weighted by atomic mass is 16.5. The van der Waals surface area contributed by atoms with Crippen molar-refractivity contribution in [2.24, 2.45) is 4.99 Å². The number of hydrogen-bond acceptors (Lipinski definition) is 4. The SMILES string of the molecule is CCNC(=NCc1cnn(-c2ccccc2)c1)NCC(O)c1ccc(OC(C)C)cc1. The van der Waals surface area contributed by atoms with Crippen molar-refractivity contribution in [3.8, 4) is 11.4 Å². The van der Waals surface area contributed by atoms with Crippen LogP contribution in [0.2, 0.25) is 0 Å². The van der Waals surface area contributed by atoms with Gasteiger partial charge in [0.05, 0.1) is 30.6 Å². The molecule has 0 fully saturated rings. The summed E-state index contributed by atoms with van der Waals surface area (Å²) < 4.78 is 7.48. The summed E-state index contributed by atoms with van der Waals surface area (Å²) in [6.45, 7) is 7.54. The Labute approximate surface area is 183 Å². The Bertz CT molecular complexity index is 952. The van der Waals surface area contributed by atoms with Gasteiger partial charge in [0, 0.05) is 24.8 Å². The molecule has 7 nitrogen and oxygen atoms in total. The molecule has 1 unspecified atom stereocenters. The Morgan fingerprint density at radius 1 is 1.10 bits per heavy atom. The topological polar surface area (TPSA) is 83.7 Å². The number of nitrogens with one attached hydrogen (secondary N) is 2. The normalized spacial score (nSPS) is 12.6. The summed E-state index contributed by atoms with van der Waals surface area (Å²) in [6, 6.07) is 17.5. The first kappa shape index (κ1) is 22.4. The van der Waals surface area contributed by atoms with Crippen molar-refractivity contribution in [2.75, 3.05) is 13.1 Å². The molecule has 1 atom stereocenters. The van der Waals surface area contributed by atoms with E-state index in [-0.39, 0.29) is 6.10 Å². The third-order valence-electron chi connectivity index (χ3n) is 4.52. The molecule has 0 aliphatic carbocycles. The largest absolute Gasteiger partial charge is 0.491 e. The molecule has 0 aliphatic heterocycles. The lowest BCUT2D eigenvalue weighted by Gasteiger charge is -2.16. The molecule has 164 valence electrons. The van der Waals surface area contributed by atoms with Gasteiger partial charge in [0.1, 0.15) is 5.75 Å². The molecule has 0 amide bonds. The number of rotatable bonds is 9. The maximum atomic E-state index is 10.5. The van der Waals surface area contributed by atoms with Gasteiger partial charge in [-0.15, -0.1) is 0 Å². The second-order valence-electron chi connectivity index (χ2n) is 7.46. The number of aromatic nitrogens is 2. The van der Waals surface area contributed by atoms with Crippen LogP contribution in [0, 0.1) is 0 Å². The van der Waals surface area contributed by atoms with Crippen molar-refractivity contribution >= 4 is 5.96 Å². The Hall–Kier alpha value is -3.32. The van der Waals surface area contributed by atoms with Crippen LogP contribution in [0.15, 0.2) is 72.0 Å². The minimum Gasteiger partial charge on any atom is -0.491 e. The lowest BCUT2D eigenvalue weighted by molar-refractivity contribution is 0.180. The van der Waals surface area contributed by atoms with Crippen LogP contribution in [-0.2, 0) is 6.54 Å². The molecular weight excluding hydrogens is 390 g/mol. The molecule has 3 N–H and O–H groups in total. The van der Waals surface area contributed by atoms with Gasteiger partial charge >= 0.3 is 0 Å². The summed E-state index contributed by atoms with van der Waals surface area (Å²) in [4.78, 5) is 4.61. The molecule has 3 rings (SSSR count). The van der Waals surface area contributed by atoms with Crippen LogP contribution in [0.1, 0.15) is 38.0 Å². The van der Waals surface area contributed by atoms with Crippen molar-refractivity contribution in [2.45, 2.75) is 39.5 Å². The molecule has 3 aromatic rings. The number of hydrogen-bond donors (Lipinski definition) is 3. The van der Waals surface area contributed by atoms with Crippen molar-refractivity contribution in [1.82, 2.24) is 20.4 Å². The predicted octanol–water partition coefficient (Wildman–Crippen LogP) is 3.45. The van der Waals surface area contributed by atoms with Crippen molar-refractivity contribution in [3.05, 3.63) is 78.1 Å². The van der Waals surface area contributed by atoms with Crippen molar-refractivity contribution in [3.63, 3.8) is 0 Å². The van der Waals surface area contributed by atoms with Crippen LogP contribution in [0.25, 0.3) is 5.69 Å². The van der Waals surface area contributed by atoms with E-state index in [0.717, 1.165) is 29.1 Å². The summed E-state index contributed by atoms with van der Waals surface area (Å²) >= 11 is 0. The summed E-state index contributed by atoms with van der Waals surface area (Å²) in [7, 11) is 0. The zero-order valence-electron chi connectivity index (χ0n) is 18.3. The highest BCUT2D eigenvalue weighted by Gasteiger charge is 2.09. The Balaban J connectivity index is 1.56. The fraction of sp³-hybridized carbons (Fsp3) is 0.333. The van der Waals surface area contributed by atoms with Crippen LogP contribution >= 0.6 is 0 Å². The number of aliphatic imine (C=N–C) groups is 1. The average Bonchev–Trinajstić information content (AvgIpc) is 3.25. The number of nitrogens with zero attached hydrogens (tertiary/aromatic N) is 3. The number of guanidine groups is 1. The van der Waals surface area contributed by atoms with Gasteiger partial charge in [0.15, 0.2) is 5.96 Å². The second-order valence-corrected chi connectivity index (χ2v) is 7.46. The molecular formula is C24H31N5O2. The number of benzene rings is 2. The third-order valence-corrected chi connectivity index (χ3v) is 4.52. The summed E-state index contributed by atoms with van der Waals surface area (Å²) in [5.74, 6) is 1.44. The maximum absolute atomic E-state index is 10.5. The molecule has 1 heterocycles. The molecule has 0 spiro atoms. The molecule has 0 saturated carbocycles. The molecule has 1 aromatic heterocycles. The van der Waals surface area contributed by atoms with E-state index in [1.807, 2.05) is 92.4 Å². The van der Waals surface area contributed by atoms with Crippen LogP contribution in [0.5, 0.6) is 5.75 Å². The van der Waals surface area contributed by atoms with Gasteiger partial charge in [0.2, 0.25) is 0 Å². The molecule has 0 bridgehead atoms. The van der Waals surface area contributed by atoms with Gasteiger partial charge in [-0.05, 0) is 50.6 Å². The van der Waals surface area contributed by atoms with E-state index in [1.54, 1.807) is 0 Å². The van der Waals surface area contributed by atoms with E-state index in [0.29, 0.717) is 19.0 Å². The smallest absolute Gasteiger partial charge is 0.191 e. The van der Waals surface area contributed by atoms with Gasteiger partial charge in [-0.3, -0.25) is 0 Å². The lowest BCUT2D eigenvalue weighted by Crippen LogP contribution is -2.39. The van der Waals surface area contributed by atoms with Gasteiger partial charge in [-0.2, -0.15) is 5.10 Å². The van der Waals surface area contributed by atoms with E-state index >= 15 is 0 Å². The van der Waals surface area contributed by atoms with Crippen LogP contribution < -0.4 is 15.4 Å². The third kappa shape index (κ3) is 6.86. The van der Waals surface area contributed by atoms with E-state index in [4.69, 9.17) is 4.74 Å². The summed E-state index contributed by atoms with van der Waals surface area (Å²) in [5.41, 5.74) is 2.83. The van der Waals surface area contributed by atoms with Crippen LogP contribution in [-0.4, -0.2) is 40.0 Å². The van der Waals surface area contributed by atoms with Crippen LogP contribution in [0.3, 0.4) is 0 Å². The first-order chi connectivity index (χ1) is 15.0. The number of aliphatic hydroxyl groups is 1. The molecule has 0 saturated heterocycles. The highest BCUT2D eigenvalue weighted by Crippen LogP contribution is 2.18. The zero-order valence-corrected chi connectivity index (χ0v) is 18.3. The van der Waals surface area contributed by atoms with Gasteiger partial charge in [0.25, 0.3) is 0 Å². The predicted molar refractivity (Wildman–Crippen MR) is 124 cm³/mol. The monoisotopic (exact) mass is 421 g/mol. The van der Waals surface area contributed by atoms with Crippen LogP contribution in [0.4, 0.5) is 0 Å². The first-order valence-electron chi connectivity index (χ1n) is 10.6. The fourth-order valence-electron chi connectivity index (χ4n) is 3.03. The number of para-hydroxylation sites is 1. The second kappa shape index (κ2) is 11.2. The molecule has 2 aromatic carbocycles. The fourth-order valence-corrected chi connectivity index (χ4v) is 3.03. The number of ether oxygens (including phenoxy) is 1. The minimum atomic E-state index is -0.655. The summed E-state index contributed by atoms with van der Waals surface area (Å²) in [5, 5.41) is 21.3. The number of aliphatic hydroxyl groups excluding tert-OH is 1. The highest BCUT2D eigenvalue weighted by molar-refractivity contribution is 5.79. The van der Waals surface area contributed by atoms with Gasteiger partial charge in [-0.25, -0.2) is 9.67 Å². The quantitative estimate of drug-likeness (QED) is 0.364. The van der Waals surface area contributed by atoms with E-state index in [9.17, 15) is 5.11 Å². The molecule has 0 radical (unpaired) electrons. The maximum Gasteiger partial charge on any atom is 0.191 e. The Kier molecular flexibility index (Phi) is 8.06. The van der Waals surface area contributed by atoms with Gasteiger partial charge in [-0.1, -0.05) is 30.3 Å². The molecule has 0 aliphatic rings. The van der Waals surface area contributed by atoms with Crippen molar-refractivity contribution < 1.29 is 9.84 Å². The van der Waals surface area contributed by atoms with E-state index in [2.05, 4.69) is 20.7 Å². The standard InChI is InChI=1S/C24H31N5O2/c1-4-25-24(26-14-19-15-28-29(17-19)21-8-6-5-7-9-21)27-16-23(30)20-10-12-22(13-11-20)31-18(2)3/h5-13,15,17-18,23,30H,4,14,16H2,1-3H3,(H2,25,26,27).